The van der Waals surface area contributed by atoms with Crippen LogP contribution in [0.3, 0.4) is 0 Å². The van der Waals surface area contributed by atoms with Crippen LogP contribution in [0.15, 0.2) is 53.1 Å². The summed E-state index contributed by atoms with van der Waals surface area (Å²) in [4.78, 5) is 19.3. The quantitative estimate of drug-likeness (QED) is 0.557. The Balaban J connectivity index is 1.25. The second-order valence-corrected chi connectivity index (χ2v) is 8.15. The molecule has 1 atom stereocenters. The van der Waals surface area contributed by atoms with Gasteiger partial charge in [0.05, 0.1) is 17.3 Å². The predicted octanol–water partition coefficient (Wildman–Crippen LogP) is 5.06. The van der Waals surface area contributed by atoms with Crippen molar-refractivity contribution in [3.8, 4) is 22.8 Å². The Morgan fingerprint density at radius 1 is 1.13 bits per heavy atom. The molecule has 3 heterocycles. The maximum Gasteiger partial charge on any atom is 0.223 e. The molecule has 0 spiro atoms. The molecule has 31 heavy (non-hydrogen) atoms. The second-order valence-electron chi connectivity index (χ2n) is 7.75. The average molecular weight is 439 g/mol. The van der Waals surface area contributed by atoms with Gasteiger partial charge >= 0.3 is 0 Å². The Labute approximate surface area is 185 Å². The molecule has 160 valence electrons. The highest BCUT2D eigenvalue weighted by Crippen LogP contribution is 2.38. The molecule has 0 aliphatic carbocycles. The van der Waals surface area contributed by atoms with Crippen molar-refractivity contribution in [3.05, 3.63) is 65.1 Å². The Kier molecular flexibility index (Phi) is 5.55. The van der Waals surface area contributed by atoms with E-state index in [4.69, 9.17) is 25.5 Å². The molecule has 0 saturated carbocycles. The van der Waals surface area contributed by atoms with E-state index in [9.17, 15) is 4.79 Å². The molecule has 1 saturated heterocycles. The zero-order chi connectivity index (χ0) is 21.2. The predicted molar refractivity (Wildman–Crippen MR) is 116 cm³/mol. The summed E-state index contributed by atoms with van der Waals surface area (Å²) in [5.74, 6) is 2.79. The van der Waals surface area contributed by atoms with E-state index in [-0.39, 0.29) is 11.9 Å². The normalized spacial score (nSPS) is 17.7. The first-order valence-electron chi connectivity index (χ1n) is 10.6. The summed E-state index contributed by atoms with van der Waals surface area (Å²) in [6, 6.07) is 13.5. The lowest BCUT2D eigenvalue weighted by atomic mass is 10.0. The monoisotopic (exact) mass is 438 g/mol. The second kappa shape index (κ2) is 8.63. The molecule has 1 unspecified atom stereocenters. The van der Waals surface area contributed by atoms with Gasteiger partial charge in [-0.15, -0.1) is 0 Å². The fraction of sp³-hybridized carbons (Fsp3) is 0.333. The molecular formula is C24H23ClN2O4. The van der Waals surface area contributed by atoms with Crippen molar-refractivity contribution < 1.29 is 18.7 Å². The molecule has 2 aromatic carbocycles. The number of fused-ring (bicyclic) bond motifs is 1. The number of aryl methyl sites for hydroxylation is 1. The highest BCUT2D eigenvalue weighted by Gasteiger charge is 2.30. The minimum Gasteiger partial charge on any atom is -0.486 e. The first-order chi connectivity index (χ1) is 15.2. The number of likely N-dealkylation sites (tertiary alicyclic amines) is 1. The summed E-state index contributed by atoms with van der Waals surface area (Å²) in [5, 5.41) is 0.612. The minimum absolute atomic E-state index is 0.0616. The van der Waals surface area contributed by atoms with Crippen LogP contribution in [0.4, 0.5) is 0 Å². The molecule has 6 nitrogen and oxygen atoms in total. The Hall–Kier alpha value is -2.99. The topological polar surface area (TPSA) is 64.8 Å². The van der Waals surface area contributed by atoms with Gasteiger partial charge in [0, 0.05) is 24.9 Å². The standard InChI is InChI=1S/C24H23ClN2O4/c25-18-5-2-1-4-17(18)22-15-26-23(31-22)9-10-24(28)27-11-3-6-19(27)16-7-8-20-21(14-16)30-13-12-29-20/h1-2,4-5,7-8,14-15,19H,3,6,9-13H2. The highest BCUT2D eigenvalue weighted by molar-refractivity contribution is 6.33. The molecule has 0 bridgehead atoms. The van der Waals surface area contributed by atoms with E-state index in [1.807, 2.05) is 47.4 Å². The summed E-state index contributed by atoms with van der Waals surface area (Å²) < 4.78 is 17.2. The zero-order valence-corrected chi connectivity index (χ0v) is 17.8. The van der Waals surface area contributed by atoms with Crippen molar-refractivity contribution in [3.63, 3.8) is 0 Å². The number of carbonyl (C=O) groups is 1. The van der Waals surface area contributed by atoms with Crippen LogP contribution in [0.25, 0.3) is 11.3 Å². The summed E-state index contributed by atoms with van der Waals surface area (Å²) in [6.07, 6.45) is 4.40. The van der Waals surface area contributed by atoms with Crippen LogP contribution < -0.4 is 9.47 Å². The summed E-state index contributed by atoms with van der Waals surface area (Å²) in [6.45, 7) is 1.88. The number of hydrogen-bond acceptors (Lipinski definition) is 5. The van der Waals surface area contributed by atoms with E-state index in [1.165, 1.54) is 0 Å². The molecular weight excluding hydrogens is 416 g/mol. The van der Waals surface area contributed by atoms with Gasteiger partial charge in [-0.2, -0.15) is 0 Å². The molecule has 3 aromatic rings. The van der Waals surface area contributed by atoms with E-state index >= 15 is 0 Å². The number of halogens is 1. The maximum atomic E-state index is 13.0. The lowest BCUT2D eigenvalue weighted by Gasteiger charge is -2.26. The number of aromatic nitrogens is 1. The van der Waals surface area contributed by atoms with Crippen LogP contribution in [0.5, 0.6) is 11.5 Å². The number of nitrogens with zero attached hydrogens (tertiary/aromatic N) is 2. The largest absolute Gasteiger partial charge is 0.486 e. The number of carbonyl (C=O) groups excluding carboxylic acids is 1. The van der Waals surface area contributed by atoms with Crippen molar-refractivity contribution in [2.75, 3.05) is 19.8 Å². The molecule has 5 rings (SSSR count). The van der Waals surface area contributed by atoms with E-state index in [0.29, 0.717) is 42.7 Å². The first kappa shape index (κ1) is 19.9. The minimum atomic E-state index is 0.0616. The smallest absolute Gasteiger partial charge is 0.223 e. The fourth-order valence-electron chi connectivity index (χ4n) is 4.25. The van der Waals surface area contributed by atoms with Crippen LogP contribution >= 0.6 is 11.6 Å². The van der Waals surface area contributed by atoms with E-state index in [1.54, 1.807) is 6.20 Å². The molecule has 1 amide bonds. The maximum absolute atomic E-state index is 13.0. The fourth-order valence-corrected chi connectivity index (χ4v) is 4.48. The third-order valence-electron chi connectivity index (χ3n) is 5.77. The summed E-state index contributed by atoms with van der Waals surface area (Å²) in [5.41, 5.74) is 1.89. The molecule has 2 aliphatic rings. The van der Waals surface area contributed by atoms with Crippen molar-refractivity contribution >= 4 is 17.5 Å². The zero-order valence-electron chi connectivity index (χ0n) is 17.1. The Morgan fingerprint density at radius 2 is 1.97 bits per heavy atom. The summed E-state index contributed by atoms with van der Waals surface area (Å²) >= 11 is 6.23. The van der Waals surface area contributed by atoms with Crippen LogP contribution in [-0.4, -0.2) is 35.5 Å². The SMILES string of the molecule is O=C(CCc1ncc(-c2ccccc2Cl)o1)N1CCCC1c1ccc2c(c1)OCCO2. The Bertz CT molecular complexity index is 1100. The van der Waals surface area contributed by atoms with Gasteiger partial charge in [0.25, 0.3) is 0 Å². The van der Waals surface area contributed by atoms with Gasteiger partial charge in [-0.1, -0.05) is 29.8 Å². The third kappa shape index (κ3) is 4.12. The average Bonchev–Trinajstić information content (AvgIpc) is 3.47. The van der Waals surface area contributed by atoms with Crippen molar-refractivity contribution in [1.29, 1.82) is 0 Å². The van der Waals surface area contributed by atoms with Gasteiger partial charge in [0.2, 0.25) is 5.91 Å². The molecule has 7 heteroatoms. The highest BCUT2D eigenvalue weighted by atomic mass is 35.5. The molecule has 1 fully saturated rings. The van der Waals surface area contributed by atoms with Gasteiger partial charge in [-0.05, 0) is 42.7 Å². The van der Waals surface area contributed by atoms with Crippen LogP contribution in [0, 0.1) is 0 Å². The van der Waals surface area contributed by atoms with Crippen molar-refractivity contribution in [2.45, 2.75) is 31.7 Å². The molecule has 2 aliphatic heterocycles. The lowest BCUT2D eigenvalue weighted by Crippen LogP contribution is -2.30. The third-order valence-corrected chi connectivity index (χ3v) is 6.10. The number of amides is 1. The molecule has 1 aromatic heterocycles. The number of rotatable bonds is 5. The van der Waals surface area contributed by atoms with Crippen LogP contribution in [0.1, 0.15) is 36.8 Å². The van der Waals surface area contributed by atoms with Crippen LogP contribution in [0.2, 0.25) is 5.02 Å². The molecule has 0 radical (unpaired) electrons. The van der Waals surface area contributed by atoms with Gasteiger partial charge in [0.1, 0.15) is 13.2 Å². The Morgan fingerprint density at radius 3 is 2.84 bits per heavy atom. The first-order valence-corrected chi connectivity index (χ1v) is 11.0. The summed E-state index contributed by atoms with van der Waals surface area (Å²) in [7, 11) is 0. The van der Waals surface area contributed by atoms with Gasteiger partial charge < -0.3 is 18.8 Å². The van der Waals surface area contributed by atoms with Gasteiger partial charge in [0.15, 0.2) is 23.1 Å². The lowest BCUT2D eigenvalue weighted by molar-refractivity contribution is -0.132. The van der Waals surface area contributed by atoms with Gasteiger partial charge in [-0.3, -0.25) is 4.79 Å². The number of benzene rings is 2. The van der Waals surface area contributed by atoms with E-state index in [2.05, 4.69) is 4.98 Å². The number of oxazole rings is 1. The van der Waals surface area contributed by atoms with Gasteiger partial charge in [-0.25, -0.2) is 4.98 Å². The van der Waals surface area contributed by atoms with Crippen molar-refractivity contribution in [2.24, 2.45) is 0 Å². The number of ether oxygens (including phenoxy) is 2. The number of hydrogen-bond donors (Lipinski definition) is 0. The van der Waals surface area contributed by atoms with Crippen molar-refractivity contribution in [1.82, 2.24) is 9.88 Å². The van der Waals surface area contributed by atoms with E-state index in [0.717, 1.165) is 42.0 Å². The van der Waals surface area contributed by atoms with Crippen LogP contribution in [-0.2, 0) is 11.2 Å². The van der Waals surface area contributed by atoms with E-state index < -0.39 is 0 Å². The molecule has 0 N–H and O–H groups in total.